The van der Waals surface area contributed by atoms with Crippen molar-refractivity contribution in [2.75, 3.05) is 25.4 Å². The third-order valence-electron chi connectivity index (χ3n) is 4.24. The van der Waals surface area contributed by atoms with Crippen molar-refractivity contribution in [3.63, 3.8) is 0 Å². The molecule has 0 spiro atoms. The first-order chi connectivity index (χ1) is 10.9. The largest absolute Gasteiger partial charge is 0.370 e. The van der Waals surface area contributed by atoms with Crippen LogP contribution >= 0.6 is 0 Å². The second-order valence-corrected chi connectivity index (χ2v) is 8.05. The molecule has 0 aliphatic carbocycles. The fourth-order valence-corrected chi connectivity index (χ4v) is 4.08. The SMILES string of the molecule is CCc1ccc(S(=O)(=O)CCCNC2CCN(C(=N)N)C2)cc1. The van der Waals surface area contributed by atoms with Crippen LogP contribution in [0, 0.1) is 5.41 Å². The van der Waals surface area contributed by atoms with E-state index in [0.29, 0.717) is 17.9 Å². The van der Waals surface area contributed by atoms with E-state index >= 15 is 0 Å². The number of benzene rings is 1. The lowest BCUT2D eigenvalue weighted by Gasteiger charge is -2.16. The number of sulfone groups is 1. The third-order valence-corrected chi connectivity index (χ3v) is 6.06. The van der Waals surface area contributed by atoms with Crippen molar-refractivity contribution in [2.45, 2.75) is 37.1 Å². The maximum Gasteiger partial charge on any atom is 0.188 e. The van der Waals surface area contributed by atoms with Crippen molar-refractivity contribution in [1.29, 1.82) is 5.41 Å². The van der Waals surface area contributed by atoms with Crippen molar-refractivity contribution >= 4 is 15.8 Å². The van der Waals surface area contributed by atoms with E-state index in [9.17, 15) is 8.42 Å². The molecule has 1 aliphatic rings. The van der Waals surface area contributed by atoms with Crippen LogP contribution in [0.2, 0.25) is 0 Å². The van der Waals surface area contributed by atoms with Crippen LogP contribution in [0.3, 0.4) is 0 Å². The quantitative estimate of drug-likeness (QED) is 0.391. The lowest BCUT2D eigenvalue weighted by atomic mass is 10.2. The van der Waals surface area contributed by atoms with Crippen LogP contribution in [0.5, 0.6) is 0 Å². The van der Waals surface area contributed by atoms with Gasteiger partial charge in [-0.05, 0) is 43.5 Å². The van der Waals surface area contributed by atoms with E-state index in [4.69, 9.17) is 11.1 Å². The van der Waals surface area contributed by atoms with Crippen LogP contribution in [-0.4, -0.2) is 50.7 Å². The van der Waals surface area contributed by atoms with Gasteiger partial charge in [-0.3, -0.25) is 5.41 Å². The Labute approximate surface area is 138 Å². The van der Waals surface area contributed by atoms with Gasteiger partial charge in [0.2, 0.25) is 0 Å². The summed E-state index contributed by atoms with van der Waals surface area (Å²) in [6, 6.07) is 7.43. The fourth-order valence-electron chi connectivity index (χ4n) is 2.76. The molecule has 128 valence electrons. The molecule has 1 aliphatic heterocycles. The van der Waals surface area contributed by atoms with E-state index in [0.717, 1.165) is 31.5 Å². The van der Waals surface area contributed by atoms with Crippen molar-refractivity contribution in [3.8, 4) is 0 Å². The molecule has 0 bridgehead atoms. The molecule has 0 saturated carbocycles. The molecule has 1 aromatic carbocycles. The number of likely N-dealkylation sites (tertiary alicyclic amines) is 1. The zero-order chi connectivity index (χ0) is 16.9. The Morgan fingerprint density at radius 2 is 2.09 bits per heavy atom. The van der Waals surface area contributed by atoms with Gasteiger partial charge in [0.05, 0.1) is 10.6 Å². The van der Waals surface area contributed by atoms with Crippen LogP contribution in [-0.2, 0) is 16.3 Å². The van der Waals surface area contributed by atoms with E-state index in [1.807, 2.05) is 24.0 Å². The van der Waals surface area contributed by atoms with E-state index in [2.05, 4.69) is 5.32 Å². The average molecular weight is 338 g/mol. The summed E-state index contributed by atoms with van der Waals surface area (Å²) in [5.41, 5.74) is 6.60. The summed E-state index contributed by atoms with van der Waals surface area (Å²) in [6.45, 7) is 4.21. The van der Waals surface area contributed by atoms with E-state index in [-0.39, 0.29) is 17.8 Å². The third kappa shape index (κ3) is 4.94. The number of guanidine groups is 1. The van der Waals surface area contributed by atoms with Gasteiger partial charge < -0.3 is 16.0 Å². The van der Waals surface area contributed by atoms with Crippen LogP contribution in [0.25, 0.3) is 0 Å². The molecule has 1 heterocycles. The van der Waals surface area contributed by atoms with Gasteiger partial charge in [-0.15, -0.1) is 0 Å². The lowest BCUT2D eigenvalue weighted by Crippen LogP contribution is -2.38. The summed E-state index contributed by atoms with van der Waals surface area (Å²) in [5.74, 6) is 0.252. The molecule has 0 amide bonds. The molecule has 4 N–H and O–H groups in total. The molecule has 1 saturated heterocycles. The second kappa shape index (κ2) is 7.79. The Hall–Kier alpha value is -1.60. The van der Waals surface area contributed by atoms with Gasteiger partial charge in [0.25, 0.3) is 0 Å². The zero-order valence-electron chi connectivity index (χ0n) is 13.6. The number of aryl methyl sites for hydroxylation is 1. The number of hydrogen-bond acceptors (Lipinski definition) is 4. The van der Waals surface area contributed by atoms with Gasteiger partial charge in [0, 0.05) is 19.1 Å². The molecule has 23 heavy (non-hydrogen) atoms. The Balaban J connectivity index is 1.75. The average Bonchev–Trinajstić information content (AvgIpc) is 3.01. The lowest BCUT2D eigenvalue weighted by molar-refractivity contribution is 0.470. The molecular weight excluding hydrogens is 312 g/mol. The minimum absolute atomic E-state index is 0.104. The number of nitrogens with two attached hydrogens (primary N) is 1. The predicted molar refractivity (Wildman–Crippen MR) is 92.4 cm³/mol. The molecule has 0 radical (unpaired) electrons. The smallest absolute Gasteiger partial charge is 0.188 e. The van der Waals surface area contributed by atoms with Crippen LogP contribution in [0.1, 0.15) is 25.3 Å². The van der Waals surface area contributed by atoms with Gasteiger partial charge in [0.15, 0.2) is 15.8 Å². The van der Waals surface area contributed by atoms with Crippen molar-refractivity contribution in [2.24, 2.45) is 5.73 Å². The molecule has 6 nitrogen and oxygen atoms in total. The first-order valence-corrected chi connectivity index (χ1v) is 9.71. The van der Waals surface area contributed by atoms with Crippen molar-refractivity contribution in [1.82, 2.24) is 10.2 Å². The molecule has 1 unspecified atom stereocenters. The highest BCUT2D eigenvalue weighted by Gasteiger charge is 2.22. The van der Waals surface area contributed by atoms with Crippen molar-refractivity contribution in [3.05, 3.63) is 29.8 Å². The minimum Gasteiger partial charge on any atom is -0.370 e. The van der Waals surface area contributed by atoms with E-state index < -0.39 is 9.84 Å². The Bertz CT molecular complexity index is 628. The van der Waals surface area contributed by atoms with Gasteiger partial charge in [-0.1, -0.05) is 19.1 Å². The summed E-state index contributed by atoms with van der Waals surface area (Å²) in [6.07, 6.45) is 2.42. The van der Waals surface area contributed by atoms with Gasteiger partial charge in [-0.2, -0.15) is 0 Å². The van der Waals surface area contributed by atoms with Crippen LogP contribution in [0.15, 0.2) is 29.2 Å². The molecular formula is C16H26N4O2S. The van der Waals surface area contributed by atoms with Gasteiger partial charge in [-0.25, -0.2) is 8.42 Å². The summed E-state index contributed by atoms with van der Waals surface area (Å²) < 4.78 is 24.6. The Morgan fingerprint density at radius 3 is 2.65 bits per heavy atom. The molecule has 2 rings (SSSR count). The number of nitrogens with zero attached hydrogens (tertiary/aromatic N) is 1. The zero-order valence-corrected chi connectivity index (χ0v) is 14.4. The minimum atomic E-state index is -3.21. The molecule has 0 aromatic heterocycles. The first kappa shape index (κ1) is 17.7. The highest BCUT2D eigenvalue weighted by Crippen LogP contribution is 2.14. The van der Waals surface area contributed by atoms with Crippen molar-refractivity contribution < 1.29 is 8.42 Å². The molecule has 1 aromatic rings. The van der Waals surface area contributed by atoms with Crippen LogP contribution < -0.4 is 11.1 Å². The summed E-state index contributed by atoms with van der Waals surface area (Å²) in [5, 5.41) is 10.7. The number of rotatable bonds is 7. The topological polar surface area (TPSA) is 99.3 Å². The monoisotopic (exact) mass is 338 g/mol. The Kier molecular flexibility index (Phi) is 6.01. The number of hydrogen-bond donors (Lipinski definition) is 3. The summed E-state index contributed by atoms with van der Waals surface area (Å²) in [7, 11) is -3.21. The Morgan fingerprint density at radius 1 is 1.39 bits per heavy atom. The molecule has 1 atom stereocenters. The first-order valence-electron chi connectivity index (χ1n) is 8.06. The maximum absolute atomic E-state index is 12.3. The molecule has 7 heteroatoms. The fraction of sp³-hybridized carbons (Fsp3) is 0.562. The highest BCUT2D eigenvalue weighted by atomic mass is 32.2. The van der Waals surface area contributed by atoms with E-state index in [1.54, 1.807) is 12.1 Å². The summed E-state index contributed by atoms with van der Waals surface area (Å²) >= 11 is 0. The predicted octanol–water partition coefficient (Wildman–Crippen LogP) is 0.970. The highest BCUT2D eigenvalue weighted by molar-refractivity contribution is 7.91. The second-order valence-electron chi connectivity index (χ2n) is 5.94. The number of nitrogens with one attached hydrogen (secondary N) is 2. The normalized spacial score (nSPS) is 18.3. The van der Waals surface area contributed by atoms with E-state index in [1.165, 1.54) is 0 Å². The summed E-state index contributed by atoms with van der Waals surface area (Å²) in [4.78, 5) is 2.22. The molecule has 1 fully saturated rings. The maximum atomic E-state index is 12.3. The van der Waals surface area contributed by atoms with Gasteiger partial charge >= 0.3 is 0 Å². The van der Waals surface area contributed by atoms with Gasteiger partial charge in [0.1, 0.15) is 0 Å². The standard InChI is InChI=1S/C16H26N4O2S/c1-2-13-4-6-15(7-5-13)23(21,22)11-3-9-19-14-8-10-20(12-14)16(17)18/h4-7,14,19H,2-3,8-12H2,1H3,(H3,17,18). The van der Waals surface area contributed by atoms with Crippen LogP contribution in [0.4, 0.5) is 0 Å².